The van der Waals surface area contributed by atoms with Gasteiger partial charge in [0.05, 0.1) is 40.1 Å². The summed E-state index contributed by atoms with van der Waals surface area (Å²) in [6, 6.07) is 6.77. The maximum atomic E-state index is 15.1. The van der Waals surface area contributed by atoms with Gasteiger partial charge in [0.15, 0.2) is 5.82 Å². The molecule has 5 rings (SSSR count). The van der Waals surface area contributed by atoms with Gasteiger partial charge in [0.1, 0.15) is 5.82 Å². The zero-order valence-electron chi connectivity index (χ0n) is 18.5. The molecule has 184 valence electrons. The number of aromatic nitrogens is 2. The number of esters is 1. The SMILES string of the molecule is COC(=O)C1CC2CCC(C1)N2c1nn(C(=O)c2c(Cl)cccc2C(F)(F)F)c2cccc(F)c12. The Kier molecular flexibility index (Phi) is 5.74. The number of rotatable bonds is 3. The molecular weight excluding hydrogens is 490 g/mol. The summed E-state index contributed by atoms with van der Waals surface area (Å²) in [5.41, 5.74) is -1.92. The van der Waals surface area contributed by atoms with Crippen LogP contribution in [-0.4, -0.2) is 40.9 Å². The minimum atomic E-state index is -4.83. The van der Waals surface area contributed by atoms with Gasteiger partial charge in [-0.2, -0.15) is 17.9 Å². The zero-order valence-corrected chi connectivity index (χ0v) is 19.2. The number of hydrogen-bond acceptors (Lipinski definition) is 5. The van der Waals surface area contributed by atoms with Crippen LogP contribution in [0, 0.1) is 11.7 Å². The molecule has 2 unspecified atom stereocenters. The Hall–Kier alpha value is -3.14. The number of benzene rings is 2. The molecule has 0 aliphatic carbocycles. The summed E-state index contributed by atoms with van der Waals surface area (Å²) in [4.78, 5) is 27.4. The van der Waals surface area contributed by atoms with E-state index in [0.29, 0.717) is 12.8 Å². The predicted octanol–water partition coefficient (Wildman–Crippen LogP) is 5.46. The molecule has 2 fully saturated rings. The lowest BCUT2D eigenvalue weighted by atomic mass is 9.90. The van der Waals surface area contributed by atoms with Crippen LogP contribution in [0.5, 0.6) is 0 Å². The lowest BCUT2D eigenvalue weighted by Gasteiger charge is -2.38. The Morgan fingerprint density at radius 3 is 2.37 bits per heavy atom. The molecule has 1 aromatic heterocycles. The molecule has 35 heavy (non-hydrogen) atoms. The van der Waals surface area contributed by atoms with Crippen molar-refractivity contribution in [3.05, 3.63) is 58.4 Å². The molecule has 2 aliphatic rings. The molecule has 11 heteroatoms. The summed E-state index contributed by atoms with van der Waals surface area (Å²) in [5, 5.41) is 4.01. The zero-order chi connectivity index (χ0) is 25.1. The van der Waals surface area contributed by atoms with E-state index < -0.39 is 29.0 Å². The van der Waals surface area contributed by atoms with E-state index in [1.807, 2.05) is 4.90 Å². The van der Waals surface area contributed by atoms with Gasteiger partial charge in [-0.15, -0.1) is 5.10 Å². The number of anilines is 1. The van der Waals surface area contributed by atoms with Crippen molar-refractivity contribution >= 4 is 40.2 Å². The lowest BCUT2D eigenvalue weighted by Crippen LogP contribution is -2.45. The smallest absolute Gasteiger partial charge is 0.417 e. The van der Waals surface area contributed by atoms with Crippen molar-refractivity contribution in [2.24, 2.45) is 5.92 Å². The van der Waals surface area contributed by atoms with E-state index in [2.05, 4.69) is 5.10 Å². The van der Waals surface area contributed by atoms with E-state index in [-0.39, 0.29) is 45.7 Å². The van der Waals surface area contributed by atoms with Crippen LogP contribution in [0.15, 0.2) is 36.4 Å². The minimum absolute atomic E-state index is 0.0348. The van der Waals surface area contributed by atoms with Gasteiger partial charge in [0, 0.05) is 12.1 Å². The van der Waals surface area contributed by atoms with E-state index in [9.17, 15) is 22.8 Å². The van der Waals surface area contributed by atoms with Crippen molar-refractivity contribution in [3.8, 4) is 0 Å². The fourth-order valence-electron chi connectivity index (χ4n) is 5.41. The molecule has 2 atom stereocenters. The highest BCUT2D eigenvalue weighted by Crippen LogP contribution is 2.44. The highest BCUT2D eigenvalue weighted by molar-refractivity contribution is 6.34. The average Bonchev–Trinajstić information content (AvgIpc) is 3.32. The third-order valence-corrected chi connectivity index (χ3v) is 7.19. The van der Waals surface area contributed by atoms with Gasteiger partial charge >= 0.3 is 12.1 Å². The number of hydrogen-bond donors (Lipinski definition) is 0. The fourth-order valence-corrected chi connectivity index (χ4v) is 5.67. The number of carbonyl (C=O) groups excluding carboxylic acids is 2. The summed E-state index contributed by atoms with van der Waals surface area (Å²) in [7, 11) is 1.33. The van der Waals surface area contributed by atoms with Crippen LogP contribution < -0.4 is 4.90 Å². The normalized spacial score (nSPS) is 22.0. The fraction of sp³-hybridized carbons (Fsp3) is 0.375. The molecule has 0 saturated carbocycles. The van der Waals surface area contributed by atoms with Crippen molar-refractivity contribution in [3.63, 3.8) is 0 Å². The molecule has 0 N–H and O–H groups in total. The molecule has 3 heterocycles. The molecule has 0 spiro atoms. The average molecular weight is 510 g/mol. The number of methoxy groups -OCH3 is 1. The Balaban J connectivity index is 1.64. The first-order chi connectivity index (χ1) is 16.6. The van der Waals surface area contributed by atoms with Crippen molar-refractivity contribution in [2.75, 3.05) is 12.0 Å². The Morgan fingerprint density at radius 1 is 1.09 bits per heavy atom. The number of alkyl halides is 3. The van der Waals surface area contributed by atoms with Crippen molar-refractivity contribution in [2.45, 2.75) is 43.9 Å². The third kappa shape index (κ3) is 3.84. The third-order valence-electron chi connectivity index (χ3n) is 6.88. The van der Waals surface area contributed by atoms with Crippen LogP contribution in [0.1, 0.15) is 41.6 Å². The molecule has 2 bridgehead atoms. The Labute approximate surface area is 202 Å². The van der Waals surface area contributed by atoms with Gasteiger partial charge in [0.25, 0.3) is 5.91 Å². The van der Waals surface area contributed by atoms with Gasteiger partial charge in [-0.05, 0) is 49.9 Å². The summed E-state index contributed by atoms with van der Waals surface area (Å²) in [6.45, 7) is 0. The first kappa shape index (κ1) is 23.6. The topological polar surface area (TPSA) is 64.4 Å². The highest BCUT2D eigenvalue weighted by atomic mass is 35.5. The standard InChI is InChI=1S/C24H20ClF4N3O3/c1-35-23(34)12-10-13-8-9-14(11-12)31(13)21-20-17(26)6-3-7-18(20)32(30-21)22(33)19-15(24(27,28)29)4-2-5-16(19)25/h2-7,12-14H,8-11H2,1H3. The molecule has 2 saturated heterocycles. The second-order valence-corrected chi connectivity index (χ2v) is 9.23. The summed E-state index contributed by atoms with van der Waals surface area (Å²) >= 11 is 6.04. The number of halogens is 5. The van der Waals surface area contributed by atoms with Crippen LogP contribution in [0.2, 0.25) is 5.02 Å². The van der Waals surface area contributed by atoms with Crippen molar-refractivity contribution in [1.29, 1.82) is 0 Å². The van der Waals surface area contributed by atoms with E-state index in [0.717, 1.165) is 29.7 Å². The Bertz CT molecular complexity index is 1330. The second kappa shape index (κ2) is 8.51. The van der Waals surface area contributed by atoms with Gasteiger partial charge in [0.2, 0.25) is 0 Å². The molecule has 0 radical (unpaired) electrons. The summed E-state index contributed by atoms with van der Waals surface area (Å²) < 4.78 is 61.8. The molecule has 6 nitrogen and oxygen atoms in total. The number of carbonyl (C=O) groups is 2. The second-order valence-electron chi connectivity index (χ2n) is 8.82. The molecule has 0 amide bonds. The van der Waals surface area contributed by atoms with E-state index in [1.54, 1.807) is 0 Å². The van der Waals surface area contributed by atoms with Crippen molar-refractivity contribution in [1.82, 2.24) is 9.78 Å². The van der Waals surface area contributed by atoms with E-state index >= 15 is 4.39 Å². The summed E-state index contributed by atoms with van der Waals surface area (Å²) in [6.07, 6.45) is -2.41. The monoisotopic (exact) mass is 509 g/mol. The molecule has 2 aliphatic heterocycles. The van der Waals surface area contributed by atoms with Crippen LogP contribution in [0.4, 0.5) is 23.4 Å². The van der Waals surface area contributed by atoms with Crippen LogP contribution in [0.3, 0.4) is 0 Å². The van der Waals surface area contributed by atoms with Crippen LogP contribution in [-0.2, 0) is 15.7 Å². The van der Waals surface area contributed by atoms with Gasteiger partial charge < -0.3 is 9.64 Å². The minimum Gasteiger partial charge on any atom is -0.469 e. The number of piperidine rings is 1. The van der Waals surface area contributed by atoms with E-state index in [4.69, 9.17) is 16.3 Å². The highest BCUT2D eigenvalue weighted by Gasteiger charge is 2.45. The van der Waals surface area contributed by atoms with Gasteiger partial charge in [-0.1, -0.05) is 23.7 Å². The first-order valence-corrected chi connectivity index (χ1v) is 11.4. The molecule has 2 aromatic carbocycles. The number of nitrogens with zero attached hydrogens (tertiary/aromatic N) is 3. The molecular formula is C24H20ClF4N3O3. The predicted molar refractivity (Wildman–Crippen MR) is 120 cm³/mol. The number of fused-ring (bicyclic) bond motifs is 3. The van der Waals surface area contributed by atoms with Crippen LogP contribution in [0.25, 0.3) is 10.9 Å². The van der Waals surface area contributed by atoms with Crippen LogP contribution >= 0.6 is 11.6 Å². The van der Waals surface area contributed by atoms with Crippen molar-refractivity contribution < 1.29 is 31.9 Å². The number of ether oxygens (including phenoxy) is 1. The maximum Gasteiger partial charge on any atom is 0.417 e. The summed E-state index contributed by atoms with van der Waals surface area (Å²) in [5.74, 6) is -2.20. The quantitative estimate of drug-likeness (QED) is 0.347. The lowest BCUT2D eigenvalue weighted by molar-refractivity contribution is -0.146. The molecule has 3 aromatic rings. The van der Waals surface area contributed by atoms with E-state index in [1.165, 1.54) is 31.4 Å². The first-order valence-electron chi connectivity index (χ1n) is 11.1. The maximum absolute atomic E-state index is 15.1. The largest absolute Gasteiger partial charge is 0.469 e. The van der Waals surface area contributed by atoms with Gasteiger partial charge in [-0.25, -0.2) is 4.39 Å². The van der Waals surface area contributed by atoms with Gasteiger partial charge in [-0.3, -0.25) is 9.59 Å². The Morgan fingerprint density at radius 2 is 1.74 bits per heavy atom.